The Labute approximate surface area is 98.8 Å². The Morgan fingerprint density at radius 2 is 1.62 bits per heavy atom. The second-order valence-electron chi connectivity index (χ2n) is 3.27. The van der Waals surface area contributed by atoms with Crippen LogP contribution in [0, 0.1) is 0 Å². The fraction of sp³-hybridized carbons (Fsp3) is 0.750. The zero-order chi connectivity index (χ0) is 13.0. The maximum Gasteiger partial charge on any atom is 0.243 e. The first-order chi connectivity index (χ1) is 7.49. The van der Waals surface area contributed by atoms with Crippen LogP contribution in [0.5, 0.6) is 0 Å². The molecule has 0 unspecified atom stereocenters. The van der Waals surface area contributed by atoms with Gasteiger partial charge in [-0.05, 0) is 27.2 Å². The molecule has 16 heavy (non-hydrogen) atoms. The van der Waals surface area contributed by atoms with Gasteiger partial charge < -0.3 is 15.2 Å². The lowest BCUT2D eigenvalue weighted by atomic mass is 10.3. The summed E-state index contributed by atoms with van der Waals surface area (Å²) in [6.45, 7) is 12.4. The van der Waals surface area contributed by atoms with Crippen LogP contribution in [-0.2, 0) is 14.3 Å². The average Bonchev–Trinajstić information content (AvgIpc) is 2.19. The van der Waals surface area contributed by atoms with Crippen molar-refractivity contribution in [2.75, 3.05) is 13.2 Å². The van der Waals surface area contributed by atoms with E-state index in [1.165, 1.54) is 0 Å². The van der Waals surface area contributed by atoms with Crippen molar-refractivity contribution in [1.82, 2.24) is 0 Å². The van der Waals surface area contributed by atoms with Gasteiger partial charge in [-0.3, -0.25) is 4.79 Å². The van der Waals surface area contributed by atoms with Gasteiger partial charge in [0.1, 0.15) is 0 Å². The molecule has 0 fully saturated rings. The predicted molar refractivity (Wildman–Crippen MR) is 66.0 cm³/mol. The van der Waals surface area contributed by atoms with Gasteiger partial charge in [0.25, 0.3) is 0 Å². The van der Waals surface area contributed by atoms with Crippen LogP contribution >= 0.6 is 0 Å². The normalized spacial score (nSPS) is 9.56. The van der Waals surface area contributed by atoms with Gasteiger partial charge >= 0.3 is 0 Å². The molecule has 0 heterocycles. The minimum Gasteiger partial charge on any atom is -0.366 e. The summed E-state index contributed by atoms with van der Waals surface area (Å²) >= 11 is 0. The Bertz CT molecular complexity index is 166. The van der Waals surface area contributed by atoms with Crippen LogP contribution in [0.3, 0.4) is 0 Å². The van der Waals surface area contributed by atoms with Gasteiger partial charge in [0.05, 0.1) is 0 Å². The number of rotatable bonds is 7. The first-order valence-electron chi connectivity index (χ1n) is 5.67. The minimum absolute atomic E-state index is 0.0278. The van der Waals surface area contributed by atoms with Gasteiger partial charge in [-0.2, -0.15) is 0 Å². The van der Waals surface area contributed by atoms with E-state index in [0.717, 1.165) is 26.1 Å². The molecule has 0 atom stereocenters. The molecule has 0 aromatic rings. The molecule has 0 bridgehead atoms. The van der Waals surface area contributed by atoms with E-state index in [-0.39, 0.29) is 6.29 Å². The monoisotopic (exact) mass is 231 g/mol. The summed E-state index contributed by atoms with van der Waals surface area (Å²) in [6, 6.07) is 0. The number of nitrogens with two attached hydrogens (primary N) is 1. The molecule has 0 aromatic carbocycles. The summed E-state index contributed by atoms with van der Waals surface area (Å²) < 4.78 is 10.6. The summed E-state index contributed by atoms with van der Waals surface area (Å²) in [5.74, 6) is -0.435. The third-order valence-corrected chi connectivity index (χ3v) is 1.65. The number of amides is 1. The van der Waals surface area contributed by atoms with Crippen LogP contribution in [-0.4, -0.2) is 25.4 Å². The topological polar surface area (TPSA) is 61.6 Å². The lowest BCUT2D eigenvalue weighted by Gasteiger charge is -2.15. The van der Waals surface area contributed by atoms with Crippen molar-refractivity contribution < 1.29 is 14.3 Å². The minimum atomic E-state index is -0.435. The van der Waals surface area contributed by atoms with E-state index in [0.29, 0.717) is 5.57 Å². The summed E-state index contributed by atoms with van der Waals surface area (Å²) in [6.07, 6.45) is 2.15. The largest absolute Gasteiger partial charge is 0.366 e. The van der Waals surface area contributed by atoms with Crippen LogP contribution in [0.25, 0.3) is 0 Å². The van der Waals surface area contributed by atoms with Crippen molar-refractivity contribution in [3.63, 3.8) is 0 Å². The zero-order valence-corrected chi connectivity index (χ0v) is 10.9. The van der Waals surface area contributed by atoms with Crippen LogP contribution in [0.4, 0.5) is 0 Å². The van der Waals surface area contributed by atoms with Crippen molar-refractivity contribution in [2.45, 2.75) is 46.8 Å². The quantitative estimate of drug-likeness (QED) is 0.540. The van der Waals surface area contributed by atoms with E-state index >= 15 is 0 Å². The maximum absolute atomic E-state index is 9.82. The van der Waals surface area contributed by atoms with Gasteiger partial charge in [-0.15, -0.1) is 0 Å². The summed E-state index contributed by atoms with van der Waals surface area (Å²) in [5, 5.41) is 0. The van der Waals surface area contributed by atoms with Crippen LogP contribution in [0.15, 0.2) is 12.2 Å². The van der Waals surface area contributed by atoms with E-state index in [4.69, 9.17) is 15.2 Å². The molecular weight excluding hydrogens is 206 g/mol. The highest BCUT2D eigenvalue weighted by Gasteiger charge is 2.04. The van der Waals surface area contributed by atoms with Crippen LogP contribution < -0.4 is 5.73 Å². The fourth-order valence-electron chi connectivity index (χ4n) is 0.822. The van der Waals surface area contributed by atoms with Crippen LogP contribution in [0.2, 0.25) is 0 Å². The van der Waals surface area contributed by atoms with Gasteiger partial charge in [-0.1, -0.05) is 19.9 Å². The van der Waals surface area contributed by atoms with Gasteiger partial charge in [-0.25, -0.2) is 0 Å². The van der Waals surface area contributed by atoms with Gasteiger partial charge in [0, 0.05) is 18.8 Å². The molecule has 4 heteroatoms. The summed E-state index contributed by atoms with van der Waals surface area (Å²) in [7, 11) is 0. The van der Waals surface area contributed by atoms with E-state index in [2.05, 4.69) is 13.5 Å². The highest BCUT2D eigenvalue weighted by molar-refractivity contribution is 5.90. The first-order valence-corrected chi connectivity index (χ1v) is 5.67. The molecule has 0 aromatic heterocycles. The second kappa shape index (κ2) is 12.2. The number of hydrogen-bond donors (Lipinski definition) is 1. The third kappa shape index (κ3) is 13.1. The summed E-state index contributed by atoms with van der Waals surface area (Å²) in [4.78, 5) is 9.82. The van der Waals surface area contributed by atoms with Gasteiger partial charge in [0.15, 0.2) is 6.29 Å². The Morgan fingerprint density at radius 3 is 1.81 bits per heavy atom. The fourth-order valence-corrected chi connectivity index (χ4v) is 0.822. The molecule has 0 radical (unpaired) electrons. The highest BCUT2D eigenvalue weighted by Crippen LogP contribution is 2.02. The van der Waals surface area contributed by atoms with E-state index in [1.54, 1.807) is 6.92 Å². The molecule has 1 amide bonds. The lowest BCUT2D eigenvalue weighted by Crippen LogP contribution is -2.16. The molecule has 0 saturated carbocycles. The van der Waals surface area contributed by atoms with Crippen molar-refractivity contribution in [3.05, 3.63) is 12.2 Å². The molecule has 2 N–H and O–H groups in total. The van der Waals surface area contributed by atoms with Crippen molar-refractivity contribution >= 4 is 5.91 Å². The average molecular weight is 231 g/mol. The highest BCUT2D eigenvalue weighted by atomic mass is 16.7. The Balaban J connectivity index is 0. The van der Waals surface area contributed by atoms with Crippen molar-refractivity contribution in [1.29, 1.82) is 0 Å². The van der Waals surface area contributed by atoms with E-state index in [9.17, 15) is 4.79 Å². The molecule has 0 spiro atoms. The third-order valence-electron chi connectivity index (χ3n) is 1.65. The number of primary amides is 1. The molecule has 0 aliphatic rings. The number of carbonyl (C=O) groups excluding carboxylic acids is 1. The molecule has 96 valence electrons. The summed E-state index contributed by atoms with van der Waals surface area (Å²) in [5.41, 5.74) is 5.09. The second-order valence-corrected chi connectivity index (χ2v) is 3.27. The number of hydrogen-bond acceptors (Lipinski definition) is 3. The Kier molecular flexibility index (Phi) is 13.4. The first kappa shape index (κ1) is 17.5. The van der Waals surface area contributed by atoms with Crippen LogP contribution in [0.1, 0.15) is 40.5 Å². The molecule has 0 rings (SSSR count). The lowest BCUT2D eigenvalue weighted by molar-refractivity contribution is -0.139. The standard InChI is InChI=1S/C8H18O2.C4H7NO/c1-4-7-8(9-5-2)10-6-3;1-3(2)4(5)6/h8H,4-7H2,1-3H3;1H2,2H3,(H2,5,6). The maximum atomic E-state index is 9.82. The van der Waals surface area contributed by atoms with Gasteiger partial charge in [0.2, 0.25) is 5.91 Å². The van der Waals surface area contributed by atoms with E-state index in [1.807, 2.05) is 13.8 Å². The molecule has 0 aliphatic heterocycles. The smallest absolute Gasteiger partial charge is 0.243 e. The Morgan fingerprint density at radius 1 is 1.25 bits per heavy atom. The predicted octanol–water partition coefficient (Wildman–Crippen LogP) is 2.23. The molecule has 4 nitrogen and oxygen atoms in total. The molecule has 0 aliphatic carbocycles. The molecule has 0 saturated heterocycles. The SMILES string of the molecule is C=C(C)C(N)=O.CCCC(OCC)OCC. The number of ether oxygens (including phenoxy) is 2. The number of carbonyl (C=O) groups is 1. The molecular formula is C12H25NO3. The Hall–Kier alpha value is -0.870. The van der Waals surface area contributed by atoms with Crippen molar-refractivity contribution in [3.8, 4) is 0 Å². The van der Waals surface area contributed by atoms with Crippen molar-refractivity contribution in [2.24, 2.45) is 5.73 Å². The van der Waals surface area contributed by atoms with E-state index < -0.39 is 5.91 Å². The zero-order valence-electron chi connectivity index (χ0n) is 10.9.